The number of aryl methyl sites for hydroxylation is 1. The summed E-state index contributed by atoms with van der Waals surface area (Å²) < 4.78 is 10.3. The van der Waals surface area contributed by atoms with Crippen molar-refractivity contribution in [3.05, 3.63) is 47.8 Å². The van der Waals surface area contributed by atoms with Crippen LogP contribution in [0.15, 0.2) is 39.6 Å². The van der Waals surface area contributed by atoms with E-state index in [2.05, 4.69) is 0 Å². The van der Waals surface area contributed by atoms with E-state index < -0.39 is 6.10 Å². The second-order valence-corrected chi connectivity index (χ2v) is 3.29. The summed E-state index contributed by atoms with van der Waals surface area (Å²) in [7, 11) is 0. The molecule has 0 aromatic carbocycles. The molecule has 1 atom stereocenters. The zero-order chi connectivity index (χ0) is 9.97. The third kappa shape index (κ3) is 1.88. The molecule has 3 nitrogen and oxygen atoms in total. The fraction of sp³-hybridized carbons (Fsp3) is 0.273. The molecule has 0 amide bonds. The highest BCUT2D eigenvalue weighted by molar-refractivity contribution is 5.16. The Morgan fingerprint density at radius 2 is 2.29 bits per heavy atom. The quantitative estimate of drug-likeness (QED) is 0.812. The maximum absolute atomic E-state index is 9.79. The summed E-state index contributed by atoms with van der Waals surface area (Å²) in [5.41, 5.74) is 0.791. The van der Waals surface area contributed by atoms with Crippen LogP contribution in [0.3, 0.4) is 0 Å². The molecule has 0 spiro atoms. The molecule has 0 aliphatic heterocycles. The van der Waals surface area contributed by atoms with Crippen molar-refractivity contribution in [2.75, 3.05) is 0 Å². The van der Waals surface area contributed by atoms with E-state index in [1.807, 2.05) is 25.1 Å². The molecule has 2 aromatic heterocycles. The van der Waals surface area contributed by atoms with Crippen LogP contribution in [0.5, 0.6) is 0 Å². The van der Waals surface area contributed by atoms with E-state index in [1.54, 1.807) is 12.5 Å². The zero-order valence-corrected chi connectivity index (χ0v) is 7.93. The molecule has 0 fully saturated rings. The number of furan rings is 2. The lowest BCUT2D eigenvalue weighted by atomic mass is 10.1. The lowest BCUT2D eigenvalue weighted by Crippen LogP contribution is -1.99. The van der Waals surface area contributed by atoms with E-state index in [9.17, 15) is 5.11 Å². The zero-order valence-electron chi connectivity index (χ0n) is 7.93. The SMILES string of the molecule is Cc1cc(C(O)Cc2ccco2)co1. The van der Waals surface area contributed by atoms with Crippen LogP contribution < -0.4 is 0 Å². The molecule has 0 saturated heterocycles. The number of rotatable bonds is 3. The molecule has 2 rings (SSSR count). The van der Waals surface area contributed by atoms with Gasteiger partial charge in [0.05, 0.1) is 18.6 Å². The number of aliphatic hydroxyl groups is 1. The fourth-order valence-electron chi connectivity index (χ4n) is 1.38. The number of hydrogen-bond donors (Lipinski definition) is 1. The summed E-state index contributed by atoms with van der Waals surface area (Å²) in [6, 6.07) is 5.48. The molecule has 1 unspecified atom stereocenters. The summed E-state index contributed by atoms with van der Waals surface area (Å²) in [6.45, 7) is 1.85. The molecule has 0 radical (unpaired) electrons. The van der Waals surface area contributed by atoms with E-state index in [0.717, 1.165) is 17.1 Å². The Morgan fingerprint density at radius 3 is 2.86 bits per heavy atom. The van der Waals surface area contributed by atoms with E-state index in [-0.39, 0.29) is 0 Å². The van der Waals surface area contributed by atoms with Crippen molar-refractivity contribution in [2.45, 2.75) is 19.4 Å². The molecule has 74 valence electrons. The van der Waals surface area contributed by atoms with Gasteiger partial charge in [0.2, 0.25) is 0 Å². The van der Waals surface area contributed by atoms with Gasteiger partial charge in [0.1, 0.15) is 11.5 Å². The Kier molecular flexibility index (Phi) is 2.41. The summed E-state index contributed by atoms with van der Waals surface area (Å²) in [5.74, 6) is 1.58. The van der Waals surface area contributed by atoms with E-state index in [0.29, 0.717) is 6.42 Å². The summed E-state index contributed by atoms with van der Waals surface area (Å²) >= 11 is 0. The van der Waals surface area contributed by atoms with Crippen LogP contribution in [0.2, 0.25) is 0 Å². The second kappa shape index (κ2) is 3.72. The van der Waals surface area contributed by atoms with Gasteiger partial charge in [-0.15, -0.1) is 0 Å². The van der Waals surface area contributed by atoms with Crippen LogP contribution in [0.4, 0.5) is 0 Å². The van der Waals surface area contributed by atoms with Gasteiger partial charge in [-0.25, -0.2) is 0 Å². The molecule has 2 aromatic rings. The van der Waals surface area contributed by atoms with Gasteiger partial charge in [-0.1, -0.05) is 0 Å². The van der Waals surface area contributed by atoms with Gasteiger partial charge in [0, 0.05) is 12.0 Å². The molecule has 0 aliphatic rings. The maximum atomic E-state index is 9.79. The molecule has 2 heterocycles. The maximum Gasteiger partial charge on any atom is 0.106 e. The first-order valence-electron chi connectivity index (χ1n) is 4.51. The van der Waals surface area contributed by atoms with Gasteiger partial charge in [0.25, 0.3) is 0 Å². The highest BCUT2D eigenvalue weighted by Gasteiger charge is 2.12. The van der Waals surface area contributed by atoms with E-state index in [4.69, 9.17) is 8.83 Å². The summed E-state index contributed by atoms with van der Waals surface area (Å²) in [6.07, 6.45) is 3.09. The molecule has 3 heteroatoms. The summed E-state index contributed by atoms with van der Waals surface area (Å²) in [5, 5.41) is 9.79. The van der Waals surface area contributed by atoms with Crippen molar-refractivity contribution in [3.63, 3.8) is 0 Å². The largest absolute Gasteiger partial charge is 0.469 e. The van der Waals surface area contributed by atoms with Crippen LogP contribution >= 0.6 is 0 Å². The van der Waals surface area contributed by atoms with Gasteiger partial charge in [-0.05, 0) is 25.1 Å². The lowest BCUT2D eigenvalue weighted by molar-refractivity contribution is 0.169. The first-order valence-corrected chi connectivity index (χ1v) is 4.51. The molecule has 14 heavy (non-hydrogen) atoms. The predicted octanol–water partition coefficient (Wildman–Crippen LogP) is 2.46. The number of aliphatic hydroxyl groups excluding tert-OH is 1. The predicted molar refractivity (Wildman–Crippen MR) is 50.8 cm³/mol. The monoisotopic (exact) mass is 192 g/mol. The smallest absolute Gasteiger partial charge is 0.106 e. The van der Waals surface area contributed by atoms with E-state index in [1.165, 1.54) is 0 Å². The van der Waals surface area contributed by atoms with Gasteiger partial charge >= 0.3 is 0 Å². The minimum absolute atomic E-state index is 0.478. The summed E-state index contributed by atoms with van der Waals surface area (Å²) in [4.78, 5) is 0. The minimum Gasteiger partial charge on any atom is -0.469 e. The van der Waals surface area contributed by atoms with Gasteiger partial charge in [-0.3, -0.25) is 0 Å². The van der Waals surface area contributed by atoms with Crippen molar-refractivity contribution in [1.29, 1.82) is 0 Å². The second-order valence-electron chi connectivity index (χ2n) is 3.29. The fourth-order valence-corrected chi connectivity index (χ4v) is 1.38. The molecular formula is C11H12O3. The van der Waals surface area contributed by atoms with Crippen molar-refractivity contribution in [3.8, 4) is 0 Å². The average molecular weight is 192 g/mol. The first kappa shape index (κ1) is 9.09. The van der Waals surface area contributed by atoms with Gasteiger partial charge in [-0.2, -0.15) is 0 Å². The Morgan fingerprint density at radius 1 is 1.43 bits per heavy atom. The van der Waals surface area contributed by atoms with E-state index >= 15 is 0 Å². The standard InChI is InChI=1S/C11H12O3/c1-8-5-9(7-14-8)11(12)6-10-3-2-4-13-10/h2-5,7,11-12H,6H2,1H3. The van der Waals surface area contributed by atoms with Crippen molar-refractivity contribution < 1.29 is 13.9 Å². The molecular weight excluding hydrogens is 180 g/mol. The highest BCUT2D eigenvalue weighted by atomic mass is 16.3. The van der Waals surface area contributed by atoms with Gasteiger partial charge < -0.3 is 13.9 Å². The van der Waals surface area contributed by atoms with Gasteiger partial charge in [0.15, 0.2) is 0 Å². The Balaban J connectivity index is 2.06. The molecule has 0 saturated carbocycles. The Hall–Kier alpha value is -1.48. The third-order valence-corrected chi connectivity index (χ3v) is 2.11. The molecule has 0 aliphatic carbocycles. The normalized spacial score (nSPS) is 13.0. The van der Waals surface area contributed by atoms with Crippen LogP contribution in [-0.4, -0.2) is 5.11 Å². The third-order valence-electron chi connectivity index (χ3n) is 2.11. The van der Waals surface area contributed by atoms with Crippen LogP contribution in [-0.2, 0) is 6.42 Å². The van der Waals surface area contributed by atoms with Crippen LogP contribution in [0, 0.1) is 6.92 Å². The molecule has 0 bridgehead atoms. The van der Waals surface area contributed by atoms with Crippen LogP contribution in [0.25, 0.3) is 0 Å². The van der Waals surface area contributed by atoms with Crippen molar-refractivity contribution in [1.82, 2.24) is 0 Å². The minimum atomic E-state index is -0.557. The molecule has 1 N–H and O–H groups in total. The highest BCUT2D eigenvalue weighted by Crippen LogP contribution is 2.20. The Bertz CT molecular complexity index is 386. The van der Waals surface area contributed by atoms with Crippen molar-refractivity contribution in [2.24, 2.45) is 0 Å². The topological polar surface area (TPSA) is 46.5 Å². The average Bonchev–Trinajstić information content (AvgIpc) is 2.75. The number of hydrogen-bond acceptors (Lipinski definition) is 3. The first-order chi connectivity index (χ1) is 6.75. The van der Waals surface area contributed by atoms with Crippen LogP contribution in [0.1, 0.15) is 23.2 Å². The van der Waals surface area contributed by atoms with Crippen molar-refractivity contribution >= 4 is 0 Å². The Labute approximate surface area is 82.0 Å². The lowest BCUT2D eigenvalue weighted by Gasteiger charge is -2.04.